The molecular formula is C31H37N3O2. The molecule has 0 radical (unpaired) electrons. The van der Waals surface area contributed by atoms with Crippen LogP contribution in [0.3, 0.4) is 0 Å². The molecular weight excluding hydrogens is 446 g/mol. The highest BCUT2D eigenvalue weighted by Gasteiger charge is 2.48. The molecule has 2 aliphatic rings. The van der Waals surface area contributed by atoms with E-state index in [-0.39, 0.29) is 5.91 Å². The number of benzene rings is 3. The van der Waals surface area contributed by atoms with Gasteiger partial charge in [0.2, 0.25) is 5.91 Å². The van der Waals surface area contributed by atoms with E-state index in [9.17, 15) is 4.79 Å². The number of carbonyl (C=O) groups is 1. The van der Waals surface area contributed by atoms with Crippen molar-refractivity contribution >= 4 is 11.6 Å². The van der Waals surface area contributed by atoms with Crippen molar-refractivity contribution in [2.24, 2.45) is 0 Å². The van der Waals surface area contributed by atoms with Gasteiger partial charge in [-0.15, -0.1) is 0 Å². The van der Waals surface area contributed by atoms with Crippen molar-refractivity contribution in [3.05, 3.63) is 95.6 Å². The number of anilines is 1. The first-order valence-corrected chi connectivity index (χ1v) is 13.2. The zero-order chi connectivity index (χ0) is 25.0. The second-order valence-corrected chi connectivity index (χ2v) is 9.91. The maximum atomic E-state index is 14.3. The largest absolute Gasteiger partial charge is 0.495 e. The van der Waals surface area contributed by atoms with Crippen molar-refractivity contribution in [2.75, 3.05) is 51.3 Å². The summed E-state index contributed by atoms with van der Waals surface area (Å²) in [6.45, 7) is 8.37. The lowest BCUT2D eigenvalue weighted by Gasteiger charge is -2.45. The topological polar surface area (TPSA) is 36.0 Å². The number of para-hydroxylation sites is 2. The first-order chi connectivity index (χ1) is 17.7. The lowest BCUT2D eigenvalue weighted by atomic mass is 9.67. The second-order valence-electron chi connectivity index (χ2n) is 9.91. The zero-order valence-corrected chi connectivity index (χ0v) is 21.5. The third kappa shape index (κ3) is 4.48. The molecule has 5 nitrogen and oxygen atoms in total. The normalized spacial score (nSPS) is 20.3. The Morgan fingerprint density at radius 3 is 2.28 bits per heavy atom. The minimum absolute atomic E-state index is 0.252. The van der Waals surface area contributed by atoms with Gasteiger partial charge in [0.1, 0.15) is 11.2 Å². The highest BCUT2D eigenvalue weighted by atomic mass is 16.5. The van der Waals surface area contributed by atoms with Gasteiger partial charge in [-0.25, -0.2) is 0 Å². The molecule has 3 aromatic rings. The molecule has 0 aliphatic carbocycles. The van der Waals surface area contributed by atoms with Gasteiger partial charge < -0.3 is 14.5 Å². The summed E-state index contributed by atoms with van der Waals surface area (Å²) in [5.41, 5.74) is 4.07. The summed E-state index contributed by atoms with van der Waals surface area (Å²) in [7, 11) is 1.74. The minimum Gasteiger partial charge on any atom is -0.495 e. The van der Waals surface area contributed by atoms with E-state index in [0.717, 1.165) is 69.1 Å². The van der Waals surface area contributed by atoms with Gasteiger partial charge in [-0.2, -0.15) is 0 Å². The average Bonchev–Trinajstić information content (AvgIpc) is 2.94. The van der Waals surface area contributed by atoms with E-state index >= 15 is 0 Å². The minimum atomic E-state index is -0.648. The Balaban J connectivity index is 1.40. The summed E-state index contributed by atoms with van der Waals surface area (Å²) >= 11 is 0. The monoisotopic (exact) mass is 483 g/mol. The van der Waals surface area contributed by atoms with E-state index in [1.165, 1.54) is 11.1 Å². The predicted octanol–water partition coefficient (Wildman–Crippen LogP) is 4.95. The molecule has 0 spiro atoms. The van der Waals surface area contributed by atoms with E-state index in [4.69, 9.17) is 4.74 Å². The van der Waals surface area contributed by atoms with Crippen molar-refractivity contribution in [3.8, 4) is 5.75 Å². The van der Waals surface area contributed by atoms with E-state index in [2.05, 4.69) is 82.3 Å². The maximum absolute atomic E-state index is 14.3. The Hall–Kier alpha value is -3.31. The van der Waals surface area contributed by atoms with Gasteiger partial charge >= 0.3 is 0 Å². The third-order valence-corrected chi connectivity index (χ3v) is 7.85. The van der Waals surface area contributed by atoms with E-state index < -0.39 is 5.41 Å². The summed E-state index contributed by atoms with van der Waals surface area (Å²) in [5.74, 6) is 1.18. The number of piperazine rings is 1. The quantitative estimate of drug-likeness (QED) is 0.454. The molecule has 3 aromatic carbocycles. The average molecular weight is 484 g/mol. The van der Waals surface area contributed by atoms with Crippen LogP contribution in [0.2, 0.25) is 0 Å². The van der Waals surface area contributed by atoms with Gasteiger partial charge in [-0.3, -0.25) is 9.69 Å². The van der Waals surface area contributed by atoms with Crippen LogP contribution < -0.4 is 9.64 Å². The maximum Gasteiger partial charge on any atom is 0.238 e. The number of carbonyl (C=O) groups excluding carboxylic acids is 1. The van der Waals surface area contributed by atoms with Crippen molar-refractivity contribution in [3.63, 3.8) is 0 Å². The van der Waals surface area contributed by atoms with Crippen LogP contribution in [0.1, 0.15) is 36.5 Å². The number of hydrogen-bond donors (Lipinski definition) is 0. The fraction of sp³-hybridized carbons (Fsp3) is 0.387. The molecule has 5 heteroatoms. The van der Waals surface area contributed by atoms with Crippen LogP contribution in [0.5, 0.6) is 5.75 Å². The fourth-order valence-corrected chi connectivity index (χ4v) is 6.00. The van der Waals surface area contributed by atoms with Crippen LogP contribution in [0.4, 0.5) is 5.69 Å². The van der Waals surface area contributed by atoms with Crippen LogP contribution >= 0.6 is 0 Å². The highest BCUT2D eigenvalue weighted by Crippen LogP contribution is 2.43. The van der Waals surface area contributed by atoms with E-state index in [0.29, 0.717) is 6.54 Å². The lowest BCUT2D eigenvalue weighted by Crippen LogP contribution is -2.54. The number of methoxy groups -OCH3 is 1. The fourth-order valence-electron chi connectivity index (χ4n) is 6.00. The second kappa shape index (κ2) is 10.8. The Morgan fingerprint density at radius 2 is 1.53 bits per heavy atom. The van der Waals surface area contributed by atoms with E-state index in [1.54, 1.807) is 7.11 Å². The van der Waals surface area contributed by atoms with Gasteiger partial charge in [0, 0.05) is 39.3 Å². The van der Waals surface area contributed by atoms with Crippen molar-refractivity contribution < 1.29 is 9.53 Å². The highest BCUT2D eigenvalue weighted by molar-refractivity contribution is 5.94. The van der Waals surface area contributed by atoms with Gasteiger partial charge in [-0.05, 0) is 48.2 Å². The molecule has 188 valence electrons. The van der Waals surface area contributed by atoms with E-state index in [1.807, 2.05) is 18.2 Å². The van der Waals surface area contributed by atoms with Crippen molar-refractivity contribution in [1.82, 2.24) is 9.80 Å². The number of rotatable bonds is 8. The molecule has 36 heavy (non-hydrogen) atoms. The molecule has 1 unspecified atom stereocenters. The van der Waals surface area contributed by atoms with Gasteiger partial charge in [0.05, 0.1) is 12.8 Å². The molecule has 1 saturated heterocycles. The Bertz CT molecular complexity index is 1170. The van der Waals surface area contributed by atoms with Crippen LogP contribution in [-0.4, -0.2) is 62.1 Å². The molecule has 5 rings (SSSR count). The first kappa shape index (κ1) is 24.4. The third-order valence-electron chi connectivity index (χ3n) is 7.85. The summed E-state index contributed by atoms with van der Waals surface area (Å²) in [6.07, 6.45) is 1.74. The van der Waals surface area contributed by atoms with Gasteiger partial charge in [-0.1, -0.05) is 73.7 Å². The number of amides is 1. The van der Waals surface area contributed by atoms with Crippen LogP contribution in [0.25, 0.3) is 0 Å². The molecule has 2 heterocycles. The first-order valence-electron chi connectivity index (χ1n) is 13.2. The van der Waals surface area contributed by atoms with Crippen LogP contribution in [0.15, 0.2) is 78.9 Å². The standard InChI is InChI=1S/C31H37N3O2/c1-3-18-34-24-25-11-7-8-14-27(25)31(30(34)35,26-12-5-4-6-13-26)17-19-32-20-22-33(23-21-32)28-15-9-10-16-29(28)36-2/h4-16H,3,17-24H2,1-2H3. The smallest absolute Gasteiger partial charge is 0.238 e. The zero-order valence-electron chi connectivity index (χ0n) is 21.5. The Labute approximate surface area is 215 Å². The summed E-state index contributed by atoms with van der Waals surface area (Å²) in [5, 5.41) is 0. The molecule has 1 fully saturated rings. The molecule has 0 saturated carbocycles. The lowest BCUT2D eigenvalue weighted by molar-refractivity contribution is -0.138. The van der Waals surface area contributed by atoms with Gasteiger partial charge in [0.25, 0.3) is 0 Å². The number of hydrogen-bond acceptors (Lipinski definition) is 4. The summed E-state index contributed by atoms with van der Waals surface area (Å²) < 4.78 is 5.59. The Kier molecular flexibility index (Phi) is 7.28. The van der Waals surface area contributed by atoms with Crippen molar-refractivity contribution in [2.45, 2.75) is 31.7 Å². The SMILES string of the molecule is CCCN1Cc2ccccc2C(CCN2CCN(c3ccccc3OC)CC2)(c2ccccc2)C1=O. The number of nitrogens with zero attached hydrogens (tertiary/aromatic N) is 3. The van der Waals surface area contributed by atoms with Gasteiger partial charge in [0.15, 0.2) is 0 Å². The van der Waals surface area contributed by atoms with Crippen LogP contribution in [0, 0.1) is 0 Å². The molecule has 1 atom stereocenters. The molecule has 1 amide bonds. The molecule has 2 aliphatic heterocycles. The number of fused-ring (bicyclic) bond motifs is 1. The molecule has 0 aromatic heterocycles. The van der Waals surface area contributed by atoms with Crippen molar-refractivity contribution in [1.29, 1.82) is 0 Å². The molecule has 0 bridgehead atoms. The predicted molar refractivity (Wildman–Crippen MR) is 146 cm³/mol. The summed E-state index contributed by atoms with van der Waals surface area (Å²) in [6, 6.07) is 27.3. The number of ether oxygens (including phenoxy) is 1. The molecule has 0 N–H and O–H groups in total. The Morgan fingerprint density at radius 1 is 0.833 bits per heavy atom. The van der Waals surface area contributed by atoms with Crippen LogP contribution in [-0.2, 0) is 16.8 Å². The summed E-state index contributed by atoms with van der Waals surface area (Å²) in [4.78, 5) is 21.3.